The van der Waals surface area contributed by atoms with Gasteiger partial charge in [0.05, 0.1) is 6.04 Å². The molecule has 0 heterocycles. The summed E-state index contributed by atoms with van der Waals surface area (Å²) >= 11 is 0. The lowest BCUT2D eigenvalue weighted by atomic mass is 10.0. The number of hydrogen-bond acceptors (Lipinski definition) is 2. The smallest absolute Gasteiger partial charge is 0.261 e. The molecule has 2 atom stereocenters. The Labute approximate surface area is 161 Å². The molecule has 3 aromatic carbocycles. The van der Waals surface area contributed by atoms with Crippen LogP contribution in [-0.2, 0) is 4.79 Å². The largest absolute Gasteiger partial charge is 0.481 e. The highest BCUT2D eigenvalue weighted by molar-refractivity contribution is 5.84. The standard InChI is InChI=1S/C24H27NO2/c1-4-22(19-12-10-17(3)11-13-19)25-24(26)23(5-2)27-21-15-14-18-8-6-7-9-20(18)16-21/h6-16,22-23H,4-5H2,1-3H3,(H,25,26)/t22-,23-/m0/s1. The average Bonchev–Trinajstić information content (AvgIpc) is 2.70. The van der Waals surface area contributed by atoms with Crippen molar-refractivity contribution in [1.82, 2.24) is 5.32 Å². The van der Waals surface area contributed by atoms with Crippen LogP contribution in [0.1, 0.15) is 43.9 Å². The Morgan fingerprint density at radius 2 is 1.63 bits per heavy atom. The van der Waals surface area contributed by atoms with Crippen molar-refractivity contribution in [3.63, 3.8) is 0 Å². The Balaban J connectivity index is 1.71. The summed E-state index contributed by atoms with van der Waals surface area (Å²) in [5, 5.41) is 5.41. The Kier molecular flexibility index (Phi) is 6.12. The van der Waals surface area contributed by atoms with Crippen LogP contribution in [0.15, 0.2) is 66.7 Å². The zero-order valence-corrected chi connectivity index (χ0v) is 16.2. The zero-order chi connectivity index (χ0) is 19.2. The predicted octanol–water partition coefficient (Wildman–Crippen LogP) is 5.57. The Morgan fingerprint density at radius 3 is 2.30 bits per heavy atom. The van der Waals surface area contributed by atoms with Crippen LogP contribution in [0.2, 0.25) is 0 Å². The number of carbonyl (C=O) groups excluding carboxylic acids is 1. The molecule has 0 aromatic heterocycles. The van der Waals surface area contributed by atoms with Crippen LogP contribution in [0, 0.1) is 6.92 Å². The van der Waals surface area contributed by atoms with Crippen LogP contribution in [0.25, 0.3) is 10.8 Å². The molecule has 3 aromatic rings. The maximum atomic E-state index is 12.8. The number of ether oxygens (including phenoxy) is 1. The summed E-state index contributed by atoms with van der Waals surface area (Å²) in [5.41, 5.74) is 2.34. The molecule has 0 saturated heterocycles. The summed E-state index contributed by atoms with van der Waals surface area (Å²) < 4.78 is 6.02. The van der Waals surface area contributed by atoms with Gasteiger partial charge in [-0.15, -0.1) is 0 Å². The second-order valence-electron chi connectivity index (χ2n) is 6.90. The van der Waals surface area contributed by atoms with Crippen LogP contribution >= 0.6 is 0 Å². The maximum absolute atomic E-state index is 12.8. The van der Waals surface area contributed by atoms with Gasteiger partial charge in [-0.3, -0.25) is 4.79 Å². The molecule has 0 saturated carbocycles. The quantitative estimate of drug-likeness (QED) is 0.597. The number of aryl methyl sites for hydroxylation is 1. The van der Waals surface area contributed by atoms with Crippen molar-refractivity contribution in [1.29, 1.82) is 0 Å². The third kappa shape index (κ3) is 4.68. The Hall–Kier alpha value is -2.81. The zero-order valence-electron chi connectivity index (χ0n) is 16.2. The van der Waals surface area contributed by atoms with Gasteiger partial charge in [0.2, 0.25) is 0 Å². The van der Waals surface area contributed by atoms with Gasteiger partial charge in [0.1, 0.15) is 5.75 Å². The highest BCUT2D eigenvalue weighted by Gasteiger charge is 2.22. The first-order valence-electron chi connectivity index (χ1n) is 9.63. The molecule has 27 heavy (non-hydrogen) atoms. The lowest BCUT2D eigenvalue weighted by molar-refractivity contribution is -0.128. The molecule has 0 fully saturated rings. The summed E-state index contributed by atoms with van der Waals surface area (Å²) in [7, 11) is 0. The van der Waals surface area contributed by atoms with Crippen molar-refractivity contribution in [3.05, 3.63) is 77.9 Å². The lowest BCUT2D eigenvalue weighted by Gasteiger charge is -2.22. The van der Waals surface area contributed by atoms with Crippen molar-refractivity contribution in [2.24, 2.45) is 0 Å². The molecule has 3 heteroatoms. The summed E-state index contributed by atoms with van der Waals surface area (Å²) in [5.74, 6) is 0.650. The van der Waals surface area contributed by atoms with Gasteiger partial charge in [0, 0.05) is 0 Å². The summed E-state index contributed by atoms with van der Waals surface area (Å²) in [4.78, 5) is 12.8. The van der Waals surface area contributed by atoms with E-state index >= 15 is 0 Å². The highest BCUT2D eigenvalue weighted by Crippen LogP contribution is 2.23. The number of carbonyl (C=O) groups is 1. The number of hydrogen-bond donors (Lipinski definition) is 1. The molecular weight excluding hydrogens is 334 g/mol. The predicted molar refractivity (Wildman–Crippen MR) is 111 cm³/mol. The van der Waals surface area contributed by atoms with Gasteiger partial charge >= 0.3 is 0 Å². The number of benzene rings is 3. The fourth-order valence-corrected chi connectivity index (χ4v) is 3.21. The summed E-state index contributed by atoms with van der Waals surface area (Å²) in [6.07, 6.45) is 0.940. The van der Waals surface area contributed by atoms with E-state index in [1.807, 2.05) is 43.3 Å². The minimum absolute atomic E-state index is 0.00708. The average molecular weight is 361 g/mol. The molecule has 0 bridgehead atoms. The van der Waals surface area contributed by atoms with Gasteiger partial charge in [-0.2, -0.15) is 0 Å². The van der Waals surface area contributed by atoms with Gasteiger partial charge in [0.25, 0.3) is 5.91 Å². The van der Waals surface area contributed by atoms with E-state index in [9.17, 15) is 4.79 Å². The number of amides is 1. The van der Waals surface area contributed by atoms with E-state index in [-0.39, 0.29) is 11.9 Å². The van der Waals surface area contributed by atoms with E-state index in [1.54, 1.807) is 0 Å². The topological polar surface area (TPSA) is 38.3 Å². The van der Waals surface area contributed by atoms with Gasteiger partial charge in [-0.1, -0.05) is 74.0 Å². The summed E-state index contributed by atoms with van der Waals surface area (Å²) in [6.45, 7) is 6.11. The molecule has 0 aliphatic rings. The van der Waals surface area contributed by atoms with Crippen LogP contribution in [0.4, 0.5) is 0 Å². The minimum atomic E-state index is -0.509. The molecule has 0 aliphatic carbocycles. The fourth-order valence-electron chi connectivity index (χ4n) is 3.21. The van der Waals surface area contributed by atoms with Gasteiger partial charge in [0.15, 0.2) is 6.10 Å². The first-order valence-corrected chi connectivity index (χ1v) is 9.63. The van der Waals surface area contributed by atoms with E-state index in [1.165, 1.54) is 5.56 Å². The number of rotatable bonds is 7. The van der Waals surface area contributed by atoms with Crippen molar-refractivity contribution in [2.75, 3.05) is 0 Å². The van der Waals surface area contributed by atoms with E-state index < -0.39 is 6.10 Å². The van der Waals surface area contributed by atoms with E-state index in [4.69, 9.17) is 4.74 Å². The van der Waals surface area contributed by atoms with Crippen molar-refractivity contribution in [3.8, 4) is 5.75 Å². The van der Waals surface area contributed by atoms with Crippen molar-refractivity contribution < 1.29 is 9.53 Å². The molecule has 0 radical (unpaired) electrons. The van der Waals surface area contributed by atoms with Crippen LogP contribution in [0.5, 0.6) is 5.75 Å². The molecule has 3 nitrogen and oxygen atoms in total. The normalized spacial score (nSPS) is 13.1. The maximum Gasteiger partial charge on any atom is 0.261 e. The minimum Gasteiger partial charge on any atom is -0.481 e. The Bertz CT molecular complexity index is 902. The highest BCUT2D eigenvalue weighted by atomic mass is 16.5. The third-order valence-corrected chi connectivity index (χ3v) is 4.87. The lowest BCUT2D eigenvalue weighted by Crippen LogP contribution is -2.39. The molecule has 0 unspecified atom stereocenters. The first-order chi connectivity index (χ1) is 13.1. The molecule has 1 N–H and O–H groups in total. The van der Waals surface area contributed by atoms with Crippen LogP contribution < -0.4 is 10.1 Å². The van der Waals surface area contributed by atoms with E-state index in [2.05, 4.69) is 49.5 Å². The molecule has 0 aliphatic heterocycles. The third-order valence-electron chi connectivity index (χ3n) is 4.87. The first kappa shape index (κ1) is 19.0. The van der Waals surface area contributed by atoms with Crippen molar-refractivity contribution in [2.45, 2.75) is 45.8 Å². The Morgan fingerprint density at radius 1 is 0.926 bits per heavy atom. The summed E-state index contributed by atoms with van der Waals surface area (Å²) in [6, 6.07) is 22.4. The SMILES string of the molecule is CC[C@H](Oc1ccc2ccccc2c1)C(=O)N[C@@H](CC)c1ccc(C)cc1. The number of nitrogens with one attached hydrogen (secondary N) is 1. The van der Waals surface area contributed by atoms with Crippen molar-refractivity contribution >= 4 is 16.7 Å². The molecule has 0 spiro atoms. The van der Waals surface area contributed by atoms with Crippen LogP contribution in [0.3, 0.4) is 0 Å². The monoisotopic (exact) mass is 361 g/mol. The van der Waals surface area contributed by atoms with E-state index in [0.717, 1.165) is 28.5 Å². The molecule has 3 rings (SSSR count). The molecular formula is C24H27NO2. The van der Waals surface area contributed by atoms with Gasteiger partial charge in [-0.05, 0) is 48.2 Å². The fraction of sp³-hybridized carbons (Fsp3) is 0.292. The van der Waals surface area contributed by atoms with Gasteiger partial charge in [-0.25, -0.2) is 0 Å². The van der Waals surface area contributed by atoms with Crippen LogP contribution in [-0.4, -0.2) is 12.0 Å². The van der Waals surface area contributed by atoms with E-state index in [0.29, 0.717) is 6.42 Å². The number of fused-ring (bicyclic) bond motifs is 1. The molecule has 1 amide bonds. The second-order valence-corrected chi connectivity index (χ2v) is 6.90. The van der Waals surface area contributed by atoms with Gasteiger partial charge < -0.3 is 10.1 Å². The second kappa shape index (κ2) is 8.72. The molecule has 140 valence electrons.